The van der Waals surface area contributed by atoms with Crippen LogP contribution in [0.15, 0.2) is 59.0 Å². The predicted octanol–water partition coefficient (Wildman–Crippen LogP) is 6.75. The van der Waals surface area contributed by atoms with Gasteiger partial charge in [-0.15, -0.1) is 0 Å². The zero-order valence-corrected chi connectivity index (χ0v) is 15.6. The molecule has 1 heterocycles. The zero-order chi connectivity index (χ0) is 17.6. The number of aryl methyl sites for hydroxylation is 1. The van der Waals surface area contributed by atoms with Crippen molar-refractivity contribution in [1.29, 1.82) is 0 Å². The Morgan fingerprint density at radius 3 is 2.04 bits per heavy atom. The molecule has 0 aliphatic rings. The van der Waals surface area contributed by atoms with Crippen molar-refractivity contribution in [3.05, 3.63) is 82.6 Å². The Morgan fingerprint density at radius 1 is 0.760 bits per heavy atom. The van der Waals surface area contributed by atoms with Crippen molar-refractivity contribution in [3.63, 3.8) is 0 Å². The molecule has 1 heteroatoms. The third-order valence-electron chi connectivity index (χ3n) is 4.72. The Labute approximate surface area is 151 Å². The molecule has 3 aromatic rings. The molecule has 0 saturated carbocycles. The van der Waals surface area contributed by atoms with Gasteiger partial charge in [0.2, 0.25) is 0 Å². The van der Waals surface area contributed by atoms with Crippen LogP contribution in [0.5, 0.6) is 0 Å². The van der Waals surface area contributed by atoms with Gasteiger partial charge in [0.1, 0.15) is 11.5 Å². The zero-order valence-electron chi connectivity index (χ0n) is 15.6. The van der Waals surface area contributed by atoms with Crippen LogP contribution in [-0.4, -0.2) is 0 Å². The van der Waals surface area contributed by atoms with Crippen LogP contribution in [0.2, 0.25) is 0 Å². The van der Waals surface area contributed by atoms with E-state index in [2.05, 4.69) is 75.4 Å². The summed E-state index contributed by atoms with van der Waals surface area (Å²) in [6.45, 7) is 6.63. The van der Waals surface area contributed by atoms with Crippen LogP contribution in [0.1, 0.15) is 54.7 Å². The van der Waals surface area contributed by atoms with Gasteiger partial charge in [-0.1, -0.05) is 86.8 Å². The lowest BCUT2D eigenvalue weighted by Gasteiger charge is -2.05. The second-order valence-corrected chi connectivity index (χ2v) is 6.84. The highest BCUT2D eigenvalue weighted by molar-refractivity contribution is 5.65. The summed E-state index contributed by atoms with van der Waals surface area (Å²) < 4.78 is 6.48. The van der Waals surface area contributed by atoms with Crippen molar-refractivity contribution in [1.82, 2.24) is 0 Å². The van der Waals surface area contributed by atoms with Gasteiger partial charge in [0.05, 0.1) is 0 Å². The van der Waals surface area contributed by atoms with Crippen LogP contribution in [-0.2, 0) is 19.3 Å². The number of furan rings is 1. The summed E-state index contributed by atoms with van der Waals surface area (Å²) in [5, 5.41) is 0. The minimum absolute atomic E-state index is 0.874. The molecule has 0 amide bonds. The molecule has 2 aromatic carbocycles. The largest absolute Gasteiger partial charge is 0.460 e. The monoisotopic (exact) mass is 332 g/mol. The standard InChI is InChI=1S/C24H28O/c1-4-9-21-22(10-5-2)24(20-15-13-18(3)14-16-20)25-23(21)17-19-11-7-6-8-12-19/h6-8,11-16H,4-5,9-10,17H2,1-3H3. The first-order chi connectivity index (χ1) is 12.2. The van der Waals surface area contributed by atoms with Crippen molar-refractivity contribution >= 4 is 0 Å². The van der Waals surface area contributed by atoms with E-state index in [0.29, 0.717) is 0 Å². The first-order valence-electron chi connectivity index (χ1n) is 9.47. The van der Waals surface area contributed by atoms with Gasteiger partial charge in [-0.25, -0.2) is 0 Å². The molecule has 0 atom stereocenters. The molecule has 0 unspecified atom stereocenters. The van der Waals surface area contributed by atoms with Gasteiger partial charge in [-0.2, -0.15) is 0 Å². The summed E-state index contributed by atoms with van der Waals surface area (Å²) in [6.07, 6.45) is 5.33. The van der Waals surface area contributed by atoms with Crippen LogP contribution in [0.25, 0.3) is 11.3 Å². The Hall–Kier alpha value is -2.28. The van der Waals surface area contributed by atoms with Crippen molar-refractivity contribution in [2.75, 3.05) is 0 Å². The Balaban J connectivity index is 2.07. The van der Waals surface area contributed by atoms with Gasteiger partial charge in [-0.05, 0) is 30.9 Å². The van der Waals surface area contributed by atoms with Crippen molar-refractivity contribution in [2.24, 2.45) is 0 Å². The van der Waals surface area contributed by atoms with Crippen molar-refractivity contribution < 1.29 is 4.42 Å². The fraction of sp³-hybridized carbons (Fsp3) is 0.333. The normalized spacial score (nSPS) is 11.0. The third-order valence-corrected chi connectivity index (χ3v) is 4.72. The summed E-state index contributed by atoms with van der Waals surface area (Å²) in [4.78, 5) is 0. The molecule has 130 valence electrons. The maximum atomic E-state index is 6.48. The van der Waals surface area contributed by atoms with Crippen molar-refractivity contribution in [2.45, 2.75) is 52.9 Å². The minimum atomic E-state index is 0.874. The van der Waals surface area contributed by atoms with Gasteiger partial charge in [-0.3, -0.25) is 0 Å². The highest BCUT2D eigenvalue weighted by Crippen LogP contribution is 2.35. The molecule has 1 nitrogen and oxygen atoms in total. The van der Waals surface area contributed by atoms with E-state index >= 15 is 0 Å². The molecule has 0 N–H and O–H groups in total. The van der Waals surface area contributed by atoms with Crippen LogP contribution < -0.4 is 0 Å². The average Bonchev–Trinajstić information content (AvgIpc) is 2.95. The minimum Gasteiger partial charge on any atom is -0.460 e. The smallest absolute Gasteiger partial charge is 0.137 e. The summed E-state index contributed by atoms with van der Waals surface area (Å²) in [7, 11) is 0. The molecular formula is C24H28O. The van der Waals surface area contributed by atoms with E-state index in [1.54, 1.807) is 0 Å². The van der Waals surface area contributed by atoms with E-state index in [0.717, 1.165) is 43.6 Å². The van der Waals surface area contributed by atoms with E-state index in [-0.39, 0.29) is 0 Å². The van der Waals surface area contributed by atoms with Gasteiger partial charge < -0.3 is 4.42 Å². The van der Waals surface area contributed by atoms with Crippen LogP contribution in [0.3, 0.4) is 0 Å². The lowest BCUT2D eigenvalue weighted by atomic mass is 9.95. The summed E-state index contributed by atoms with van der Waals surface area (Å²) in [5.41, 5.74) is 6.64. The number of hydrogen-bond donors (Lipinski definition) is 0. The number of rotatable bonds is 7. The highest BCUT2D eigenvalue weighted by Gasteiger charge is 2.20. The molecule has 1 aromatic heterocycles. The summed E-state index contributed by atoms with van der Waals surface area (Å²) in [5.74, 6) is 2.23. The molecule has 0 fully saturated rings. The van der Waals surface area contributed by atoms with E-state index in [1.165, 1.54) is 27.8 Å². The summed E-state index contributed by atoms with van der Waals surface area (Å²) >= 11 is 0. The lowest BCUT2D eigenvalue weighted by molar-refractivity contribution is 0.527. The molecule has 0 bridgehead atoms. The van der Waals surface area contributed by atoms with Crippen LogP contribution >= 0.6 is 0 Å². The van der Waals surface area contributed by atoms with Gasteiger partial charge >= 0.3 is 0 Å². The van der Waals surface area contributed by atoms with Gasteiger partial charge in [0.15, 0.2) is 0 Å². The molecule has 3 rings (SSSR count). The van der Waals surface area contributed by atoms with E-state index < -0.39 is 0 Å². The van der Waals surface area contributed by atoms with E-state index in [4.69, 9.17) is 4.42 Å². The molecule has 0 aliphatic heterocycles. The van der Waals surface area contributed by atoms with Gasteiger partial charge in [0.25, 0.3) is 0 Å². The van der Waals surface area contributed by atoms with Crippen LogP contribution in [0, 0.1) is 6.92 Å². The Kier molecular flexibility index (Phi) is 5.75. The third kappa shape index (κ3) is 4.04. The van der Waals surface area contributed by atoms with E-state index in [1.807, 2.05) is 0 Å². The Morgan fingerprint density at radius 2 is 1.40 bits per heavy atom. The predicted molar refractivity (Wildman–Crippen MR) is 106 cm³/mol. The maximum absolute atomic E-state index is 6.48. The summed E-state index contributed by atoms with van der Waals surface area (Å²) in [6, 6.07) is 19.4. The molecule has 0 aliphatic carbocycles. The topological polar surface area (TPSA) is 13.1 Å². The second-order valence-electron chi connectivity index (χ2n) is 6.84. The molecule has 0 radical (unpaired) electrons. The second kappa shape index (κ2) is 8.20. The first kappa shape index (κ1) is 17.5. The van der Waals surface area contributed by atoms with Gasteiger partial charge in [0, 0.05) is 17.5 Å². The molecule has 0 spiro atoms. The highest BCUT2D eigenvalue weighted by atomic mass is 16.3. The first-order valence-corrected chi connectivity index (χ1v) is 9.47. The van der Waals surface area contributed by atoms with E-state index in [9.17, 15) is 0 Å². The average molecular weight is 332 g/mol. The van der Waals surface area contributed by atoms with Crippen LogP contribution in [0.4, 0.5) is 0 Å². The maximum Gasteiger partial charge on any atom is 0.137 e. The molecule has 25 heavy (non-hydrogen) atoms. The number of hydrogen-bond acceptors (Lipinski definition) is 1. The lowest BCUT2D eigenvalue weighted by Crippen LogP contribution is -1.96. The SMILES string of the molecule is CCCc1c(Cc2ccccc2)oc(-c2ccc(C)cc2)c1CCC. The number of benzene rings is 2. The fourth-order valence-electron chi connectivity index (χ4n) is 3.47. The fourth-order valence-corrected chi connectivity index (χ4v) is 3.47. The van der Waals surface area contributed by atoms with Crippen molar-refractivity contribution in [3.8, 4) is 11.3 Å². The molecular weight excluding hydrogens is 304 g/mol. The Bertz CT molecular complexity index is 794. The quantitative estimate of drug-likeness (QED) is 0.466. The molecule has 0 saturated heterocycles.